The quantitative estimate of drug-likeness (QED) is 0.196. The smallest absolute Gasteiger partial charge is 0.384 e. The lowest BCUT2D eigenvalue weighted by Crippen LogP contribution is -1.94. The van der Waals surface area contributed by atoms with Crippen LogP contribution >= 0.6 is 0 Å². The van der Waals surface area contributed by atoms with Crippen LogP contribution in [0.3, 0.4) is 0 Å². The fourth-order valence-corrected chi connectivity index (χ4v) is 0.459. The normalized spacial score (nSPS) is 7.73. The van der Waals surface area contributed by atoms with E-state index in [-0.39, 0.29) is 0 Å². The molecule has 0 saturated heterocycles. The minimum atomic E-state index is -0.531. The van der Waals surface area contributed by atoms with E-state index in [0.29, 0.717) is 19.3 Å². The molecular formula is C8H10O3. The number of hydrogen-bond acceptors (Lipinski definition) is 3. The van der Waals surface area contributed by atoms with Crippen molar-refractivity contribution < 1.29 is 14.3 Å². The summed E-state index contributed by atoms with van der Waals surface area (Å²) >= 11 is 0. The van der Waals surface area contributed by atoms with Gasteiger partial charge in [0.25, 0.3) is 0 Å². The van der Waals surface area contributed by atoms with E-state index in [2.05, 4.69) is 16.6 Å². The summed E-state index contributed by atoms with van der Waals surface area (Å²) in [6, 6.07) is 0. The van der Waals surface area contributed by atoms with Gasteiger partial charge in [0.2, 0.25) is 0 Å². The summed E-state index contributed by atoms with van der Waals surface area (Å²) in [6.07, 6.45) is 2.59. The van der Waals surface area contributed by atoms with Gasteiger partial charge >= 0.3 is 5.97 Å². The molecule has 0 aliphatic carbocycles. The summed E-state index contributed by atoms with van der Waals surface area (Å²) in [6.45, 7) is 0. The second-order valence-corrected chi connectivity index (χ2v) is 1.85. The highest BCUT2D eigenvalue weighted by molar-refractivity contribution is 5.88. The topological polar surface area (TPSA) is 43.4 Å². The molecule has 0 radical (unpaired) electrons. The zero-order valence-corrected chi connectivity index (χ0v) is 6.42. The van der Waals surface area contributed by atoms with Gasteiger partial charge in [0.05, 0.1) is 7.11 Å². The van der Waals surface area contributed by atoms with Gasteiger partial charge in [-0.05, 0) is 6.42 Å². The van der Waals surface area contributed by atoms with Crippen LogP contribution in [0.5, 0.6) is 0 Å². The number of hydrogen-bond donors (Lipinski definition) is 0. The lowest BCUT2D eigenvalue weighted by molar-refractivity contribution is -0.133. The molecule has 0 fully saturated rings. The molecule has 3 nitrogen and oxygen atoms in total. The Bertz CT molecular complexity index is 185. The maximum absolute atomic E-state index is 10.4. The predicted octanol–water partition coefficient (Wildman–Crippen LogP) is 0.532. The maximum atomic E-state index is 10.4. The first-order valence-electron chi connectivity index (χ1n) is 3.31. The van der Waals surface area contributed by atoms with Gasteiger partial charge in [-0.1, -0.05) is 5.92 Å². The van der Waals surface area contributed by atoms with E-state index >= 15 is 0 Å². The molecule has 60 valence electrons. The number of unbranched alkanes of at least 4 members (excludes halogenated alkanes) is 2. The zero-order chi connectivity index (χ0) is 8.53. The predicted molar refractivity (Wildman–Crippen MR) is 39.7 cm³/mol. The van der Waals surface area contributed by atoms with E-state index in [4.69, 9.17) is 0 Å². The van der Waals surface area contributed by atoms with Gasteiger partial charge in [0.15, 0.2) is 0 Å². The number of rotatable bonds is 3. The summed E-state index contributed by atoms with van der Waals surface area (Å²) in [4.78, 5) is 20.2. The van der Waals surface area contributed by atoms with Gasteiger partial charge in [-0.25, -0.2) is 4.79 Å². The van der Waals surface area contributed by atoms with Gasteiger partial charge in [-0.3, -0.25) is 0 Å². The standard InChI is InChI=1S/C8H10O3/c1-11-8(10)6-4-2-3-5-7-9/h7H,2-3,5H2,1H3. The second-order valence-electron chi connectivity index (χ2n) is 1.85. The van der Waals surface area contributed by atoms with Crippen LogP contribution in [-0.4, -0.2) is 19.4 Å². The number of esters is 1. The lowest BCUT2D eigenvalue weighted by Gasteiger charge is -1.85. The fraction of sp³-hybridized carbons (Fsp3) is 0.500. The molecule has 0 N–H and O–H groups in total. The molecule has 0 bridgehead atoms. The first-order chi connectivity index (χ1) is 5.31. The number of carbonyl (C=O) groups excluding carboxylic acids is 2. The van der Waals surface area contributed by atoms with E-state index < -0.39 is 5.97 Å². The monoisotopic (exact) mass is 154 g/mol. The summed E-state index contributed by atoms with van der Waals surface area (Å²) in [5.41, 5.74) is 0. The van der Waals surface area contributed by atoms with Crippen molar-refractivity contribution in [1.82, 2.24) is 0 Å². The molecule has 0 saturated carbocycles. The summed E-state index contributed by atoms with van der Waals surface area (Å²) in [5.74, 6) is 4.32. The van der Waals surface area contributed by atoms with Crippen molar-refractivity contribution in [2.45, 2.75) is 19.3 Å². The Labute approximate surface area is 65.7 Å². The zero-order valence-electron chi connectivity index (χ0n) is 6.42. The van der Waals surface area contributed by atoms with Gasteiger partial charge in [-0.15, -0.1) is 0 Å². The van der Waals surface area contributed by atoms with Crippen molar-refractivity contribution in [3.63, 3.8) is 0 Å². The van der Waals surface area contributed by atoms with Crippen LogP contribution in [-0.2, 0) is 14.3 Å². The molecular weight excluding hydrogens is 144 g/mol. The van der Waals surface area contributed by atoms with Crippen LogP contribution < -0.4 is 0 Å². The Balaban J connectivity index is 3.39. The van der Waals surface area contributed by atoms with E-state index in [1.165, 1.54) is 7.11 Å². The highest BCUT2D eigenvalue weighted by Gasteiger charge is 1.87. The number of methoxy groups -OCH3 is 1. The highest BCUT2D eigenvalue weighted by Crippen LogP contribution is 1.88. The molecule has 0 unspecified atom stereocenters. The Morgan fingerprint density at radius 1 is 1.64 bits per heavy atom. The Kier molecular flexibility index (Phi) is 6.01. The largest absolute Gasteiger partial charge is 0.459 e. The van der Waals surface area contributed by atoms with Crippen LogP contribution in [0, 0.1) is 11.8 Å². The van der Waals surface area contributed by atoms with Gasteiger partial charge in [0, 0.05) is 18.8 Å². The van der Waals surface area contributed by atoms with E-state index in [9.17, 15) is 9.59 Å². The third kappa shape index (κ3) is 6.59. The maximum Gasteiger partial charge on any atom is 0.384 e. The molecule has 0 aliphatic rings. The molecule has 0 spiro atoms. The van der Waals surface area contributed by atoms with Crippen molar-refractivity contribution in [3.05, 3.63) is 0 Å². The molecule has 0 aromatic rings. The molecule has 0 atom stereocenters. The van der Waals surface area contributed by atoms with Crippen molar-refractivity contribution in [2.24, 2.45) is 0 Å². The lowest BCUT2D eigenvalue weighted by atomic mass is 10.2. The molecule has 0 aliphatic heterocycles. The third-order valence-electron chi connectivity index (χ3n) is 1.000. The summed E-state index contributed by atoms with van der Waals surface area (Å²) in [5, 5.41) is 0. The molecule has 0 rings (SSSR count). The molecule has 0 heterocycles. The van der Waals surface area contributed by atoms with Gasteiger partial charge in [0.1, 0.15) is 6.29 Å². The van der Waals surface area contributed by atoms with Crippen molar-refractivity contribution in [3.8, 4) is 11.8 Å². The average Bonchev–Trinajstić information content (AvgIpc) is 2.04. The number of aldehydes is 1. The van der Waals surface area contributed by atoms with Crippen LogP contribution in [0.4, 0.5) is 0 Å². The molecule has 0 amide bonds. The molecule has 3 heteroatoms. The molecule has 11 heavy (non-hydrogen) atoms. The van der Waals surface area contributed by atoms with Crippen LogP contribution in [0.2, 0.25) is 0 Å². The Morgan fingerprint density at radius 2 is 2.36 bits per heavy atom. The van der Waals surface area contributed by atoms with Crippen LogP contribution in [0.25, 0.3) is 0 Å². The summed E-state index contributed by atoms with van der Waals surface area (Å²) in [7, 11) is 1.28. The van der Waals surface area contributed by atoms with E-state index in [1.807, 2.05) is 0 Å². The first kappa shape index (κ1) is 9.70. The van der Waals surface area contributed by atoms with Crippen molar-refractivity contribution in [1.29, 1.82) is 0 Å². The van der Waals surface area contributed by atoms with E-state index in [1.54, 1.807) is 0 Å². The SMILES string of the molecule is COC(=O)C#CCCCC=O. The van der Waals surface area contributed by atoms with Crippen LogP contribution in [0.15, 0.2) is 0 Å². The first-order valence-corrected chi connectivity index (χ1v) is 3.31. The number of ether oxygens (including phenoxy) is 1. The minimum Gasteiger partial charge on any atom is -0.459 e. The Hall–Kier alpha value is -1.30. The van der Waals surface area contributed by atoms with Gasteiger partial charge in [-0.2, -0.15) is 0 Å². The highest BCUT2D eigenvalue weighted by atomic mass is 16.5. The second kappa shape index (κ2) is 6.81. The van der Waals surface area contributed by atoms with Gasteiger partial charge < -0.3 is 9.53 Å². The molecule has 0 aromatic carbocycles. The molecule has 0 aromatic heterocycles. The van der Waals surface area contributed by atoms with Crippen molar-refractivity contribution >= 4 is 12.3 Å². The minimum absolute atomic E-state index is 0.496. The van der Waals surface area contributed by atoms with Crippen molar-refractivity contribution in [2.75, 3.05) is 7.11 Å². The fourth-order valence-electron chi connectivity index (χ4n) is 0.459. The third-order valence-corrected chi connectivity index (χ3v) is 1.000. The van der Waals surface area contributed by atoms with E-state index in [0.717, 1.165) is 6.29 Å². The summed E-state index contributed by atoms with van der Waals surface area (Å²) < 4.78 is 4.27. The number of carbonyl (C=O) groups is 2. The van der Waals surface area contributed by atoms with Crippen LogP contribution in [0.1, 0.15) is 19.3 Å². The average molecular weight is 154 g/mol. The Morgan fingerprint density at radius 3 is 2.91 bits per heavy atom.